The Labute approximate surface area is 128 Å². The summed E-state index contributed by atoms with van der Waals surface area (Å²) in [6.45, 7) is 2.23. The van der Waals surface area contributed by atoms with Gasteiger partial charge >= 0.3 is 6.03 Å². The van der Waals surface area contributed by atoms with Crippen LogP contribution in [0.4, 0.5) is 13.6 Å². The third kappa shape index (κ3) is 7.03. The van der Waals surface area contributed by atoms with E-state index in [9.17, 15) is 18.7 Å². The minimum atomic E-state index is -1.02. The second-order valence-electron chi connectivity index (χ2n) is 4.54. The highest BCUT2D eigenvalue weighted by Gasteiger charge is 2.09. The molecule has 22 heavy (non-hydrogen) atoms. The first-order chi connectivity index (χ1) is 10.5. The summed E-state index contributed by atoms with van der Waals surface area (Å²) in [5.41, 5.74) is 0. The van der Waals surface area contributed by atoms with E-state index in [1.165, 1.54) is 6.07 Å². The molecule has 0 radical (unpaired) electrons. The van der Waals surface area contributed by atoms with Gasteiger partial charge in [-0.3, -0.25) is 0 Å². The van der Waals surface area contributed by atoms with E-state index in [4.69, 9.17) is 4.74 Å². The molecule has 0 aliphatic heterocycles. The summed E-state index contributed by atoms with van der Waals surface area (Å²) < 4.78 is 30.8. The maximum atomic E-state index is 12.9. The molecule has 0 bridgehead atoms. The summed E-state index contributed by atoms with van der Waals surface area (Å²) in [6, 6.07) is 2.69. The molecule has 5 nitrogen and oxygen atoms in total. The van der Waals surface area contributed by atoms with Crippen molar-refractivity contribution in [1.29, 1.82) is 0 Å². The Morgan fingerprint density at radius 1 is 1.36 bits per heavy atom. The van der Waals surface area contributed by atoms with E-state index in [0.29, 0.717) is 6.54 Å². The van der Waals surface area contributed by atoms with Crippen LogP contribution >= 0.6 is 0 Å². The second-order valence-corrected chi connectivity index (χ2v) is 4.54. The number of benzene rings is 1. The van der Waals surface area contributed by atoms with Crippen molar-refractivity contribution >= 4 is 6.03 Å². The number of carbonyl (C=O) groups is 1. The van der Waals surface area contributed by atoms with Crippen molar-refractivity contribution in [3.8, 4) is 5.75 Å². The summed E-state index contributed by atoms with van der Waals surface area (Å²) in [5.74, 6) is -1.89. The van der Waals surface area contributed by atoms with Crippen molar-refractivity contribution in [2.24, 2.45) is 0 Å². The zero-order chi connectivity index (χ0) is 16.4. The van der Waals surface area contributed by atoms with E-state index in [1.54, 1.807) is 0 Å². The van der Waals surface area contributed by atoms with Gasteiger partial charge in [-0.05, 0) is 25.5 Å². The van der Waals surface area contributed by atoms with Crippen LogP contribution in [0.3, 0.4) is 0 Å². The largest absolute Gasteiger partial charge is 0.491 e. The molecule has 3 N–H and O–H groups in total. The lowest BCUT2D eigenvalue weighted by Crippen LogP contribution is -2.41. The molecule has 1 unspecified atom stereocenters. The van der Waals surface area contributed by atoms with Gasteiger partial charge in [0.2, 0.25) is 0 Å². The molecular formula is C15H20F2N2O3. The minimum Gasteiger partial charge on any atom is -0.491 e. The maximum Gasteiger partial charge on any atom is 0.314 e. The van der Waals surface area contributed by atoms with Crippen LogP contribution in [0.2, 0.25) is 0 Å². The lowest BCUT2D eigenvalue weighted by Gasteiger charge is -2.13. The van der Waals surface area contributed by atoms with Gasteiger partial charge in [-0.2, -0.15) is 0 Å². The molecule has 0 aliphatic carbocycles. The van der Waals surface area contributed by atoms with Crippen molar-refractivity contribution in [2.45, 2.75) is 19.4 Å². The quantitative estimate of drug-likeness (QED) is 0.507. The zero-order valence-electron chi connectivity index (χ0n) is 12.3. The molecule has 2 amide bonds. The van der Waals surface area contributed by atoms with Crippen molar-refractivity contribution < 1.29 is 23.4 Å². The smallest absolute Gasteiger partial charge is 0.314 e. The number of allylic oxidation sites excluding steroid dienone is 1. The monoisotopic (exact) mass is 314 g/mol. The van der Waals surface area contributed by atoms with Gasteiger partial charge in [-0.15, -0.1) is 0 Å². The first kappa shape index (κ1) is 17.9. The second kappa shape index (κ2) is 9.73. The van der Waals surface area contributed by atoms with Crippen LogP contribution in [-0.4, -0.2) is 36.9 Å². The number of aliphatic hydroxyl groups is 1. The average molecular weight is 314 g/mol. The number of nitrogens with one attached hydrogen (secondary N) is 2. The Bertz CT molecular complexity index is 510. The molecule has 122 valence electrons. The highest BCUT2D eigenvalue weighted by atomic mass is 19.2. The summed E-state index contributed by atoms with van der Waals surface area (Å²) in [5, 5.41) is 14.7. The molecule has 0 aromatic heterocycles. The summed E-state index contributed by atoms with van der Waals surface area (Å²) in [7, 11) is 0. The molecule has 7 heteroatoms. The van der Waals surface area contributed by atoms with Crippen LogP contribution in [-0.2, 0) is 0 Å². The molecule has 0 saturated carbocycles. The zero-order valence-corrected chi connectivity index (χ0v) is 12.3. The van der Waals surface area contributed by atoms with Crippen LogP contribution in [0.15, 0.2) is 30.4 Å². The number of amides is 2. The topological polar surface area (TPSA) is 70.6 Å². The minimum absolute atomic E-state index is 0.0148. The normalized spacial score (nSPS) is 12.2. The molecule has 0 saturated heterocycles. The fraction of sp³-hybridized carbons (Fsp3) is 0.400. The van der Waals surface area contributed by atoms with Crippen molar-refractivity contribution in [2.75, 3.05) is 19.7 Å². The number of ether oxygens (including phenoxy) is 1. The molecule has 0 heterocycles. The number of carbonyl (C=O) groups excluding carboxylic acids is 1. The van der Waals surface area contributed by atoms with Gasteiger partial charge in [0.05, 0.1) is 0 Å². The molecule has 0 spiro atoms. The van der Waals surface area contributed by atoms with E-state index in [2.05, 4.69) is 10.6 Å². The molecular weight excluding hydrogens is 294 g/mol. The summed E-state index contributed by atoms with van der Waals surface area (Å²) >= 11 is 0. The van der Waals surface area contributed by atoms with Crippen molar-refractivity contribution in [1.82, 2.24) is 10.6 Å². The first-order valence-corrected chi connectivity index (χ1v) is 6.91. The number of hydrogen-bond donors (Lipinski definition) is 3. The first-order valence-electron chi connectivity index (χ1n) is 6.91. The van der Waals surface area contributed by atoms with Crippen molar-refractivity contribution in [3.05, 3.63) is 42.0 Å². The predicted molar refractivity (Wildman–Crippen MR) is 78.7 cm³/mol. The Balaban J connectivity index is 2.21. The Kier molecular flexibility index (Phi) is 7.91. The van der Waals surface area contributed by atoms with Crippen molar-refractivity contribution in [3.63, 3.8) is 0 Å². The number of rotatable bonds is 8. The third-order valence-corrected chi connectivity index (χ3v) is 2.66. The van der Waals surface area contributed by atoms with Crippen LogP contribution in [0.1, 0.15) is 13.3 Å². The highest BCUT2D eigenvalue weighted by molar-refractivity contribution is 5.73. The van der Waals surface area contributed by atoms with E-state index in [1.807, 2.05) is 19.1 Å². The van der Waals surface area contributed by atoms with Gasteiger partial charge in [0.25, 0.3) is 0 Å². The molecule has 1 aromatic rings. The number of aliphatic hydroxyl groups excluding tert-OH is 1. The number of halogens is 2. The number of urea groups is 1. The van der Waals surface area contributed by atoms with Gasteiger partial charge in [0.15, 0.2) is 11.6 Å². The molecule has 1 rings (SSSR count). The predicted octanol–water partition coefficient (Wildman–Crippen LogP) is 1.97. The Hall–Kier alpha value is -2.15. The Morgan fingerprint density at radius 2 is 2.14 bits per heavy atom. The molecule has 1 atom stereocenters. The van der Waals surface area contributed by atoms with E-state index < -0.39 is 23.8 Å². The fourth-order valence-corrected chi connectivity index (χ4v) is 1.53. The van der Waals surface area contributed by atoms with E-state index in [0.717, 1.165) is 18.6 Å². The van der Waals surface area contributed by atoms with Gasteiger partial charge in [-0.25, -0.2) is 13.6 Å². The lowest BCUT2D eigenvalue weighted by atomic mass is 10.3. The summed E-state index contributed by atoms with van der Waals surface area (Å²) in [4.78, 5) is 11.4. The maximum absolute atomic E-state index is 12.9. The van der Waals surface area contributed by atoms with Gasteiger partial charge < -0.3 is 20.5 Å². The summed E-state index contributed by atoms with van der Waals surface area (Å²) in [6.07, 6.45) is 3.57. The fourth-order valence-electron chi connectivity index (χ4n) is 1.53. The van der Waals surface area contributed by atoms with Gasteiger partial charge in [-0.1, -0.05) is 12.2 Å². The lowest BCUT2D eigenvalue weighted by molar-refractivity contribution is 0.107. The van der Waals surface area contributed by atoms with Gasteiger partial charge in [0.1, 0.15) is 18.5 Å². The van der Waals surface area contributed by atoms with Crippen LogP contribution < -0.4 is 15.4 Å². The highest BCUT2D eigenvalue weighted by Crippen LogP contribution is 2.15. The number of hydrogen-bond acceptors (Lipinski definition) is 3. The molecule has 0 aliphatic rings. The molecule has 1 aromatic carbocycles. The third-order valence-electron chi connectivity index (χ3n) is 2.66. The van der Waals surface area contributed by atoms with E-state index >= 15 is 0 Å². The van der Waals surface area contributed by atoms with Crippen LogP contribution in [0, 0.1) is 11.6 Å². The van der Waals surface area contributed by atoms with Crippen LogP contribution in [0.25, 0.3) is 0 Å². The van der Waals surface area contributed by atoms with Crippen LogP contribution in [0.5, 0.6) is 5.75 Å². The standard InChI is InChI=1S/C15H20F2N2O3/c1-2-3-4-7-18-15(21)19-9-11(20)10-22-12-5-6-13(16)14(17)8-12/h2-3,5-6,8,11,20H,4,7,9-10H2,1H3,(H2,18,19,21). The SMILES string of the molecule is CC=CCCNC(=O)NCC(O)COc1ccc(F)c(F)c1. The van der Waals surface area contributed by atoms with Gasteiger partial charge in [0, 0.05) is 19.2 Å². The average Bonchev–Trinajstić information content (AvgIpc) is 2.50. The molecule has 0 fully saturated rings. The Morgan fingerprint density at radius 3 is 2.82 bits per heavy atom. The van der Waals surface area contributed by atoms with E-state index in [-0.39, 0.29) is 18.9 Å².